The van der Waals surface area contributed by atoms with Crippen molar-refractivity contribution in [2.75, 3.05) is 0 Å². The Hall–Kier alpha value is -3.42. The maximum Gasteiger partial charge on any atom is 0.326 e. The van der Waals surface area contributed by atoms with Gasteiger partial charge in [-0.25, -0.2) is 9.78 Å². The van der Waals surface area contributed by atoms with Gasteiger partial charge in [0.25, 0.3) is 5.91 Å². The normalized spacial score (nSPS) is 16.3. The molecule has 0 bridgehead atoms. The van der Waals surface area contributed by atoms with E-state index >= 15 is 0 Å². The van der Waals surface area contributed by atoms with Crippen LogP contribution < -0.4 is 0 Å². The third-order valence-corrected chi connectivity index (χ3v) is 4.51. The lowest BCUT2D eigenvalue weighted by molar-refractivity contribution is -0.142. The molecule has 132 valence electrons. The molecule has 1 aromatic carbocycles. The highest BCUT2D eigenvalue weighted by molar-refractivity contribution is 5.96. The summed E-state index contributed by atoms with van der Waals surface area (Å²) in [6.45, 7) is 0.732. The number of nitrogens with zero attached hydrogens (tertiary/aromatic N) is 4. The van der Waals surface area contributed by atoms with Gasteiger partial charge in [-0.05, 0) is 5.56 Å². The molecule has 4 rings (SSSR count). The molecule has 0 saturated carbocycles. The summed E-state index contributed by atoms with van der Waals surface area (Å²) in [4.78, 5) is 33.0. The first-order chi connectivity index (χ1) is 12.6. The van der Waals surface area contributed by atoms with Crippen LogP contribution in [0.2, 0.25) is 0 Å². The molecule has 8 nitrogen and oxygen atoms in total. The number of hydrogen-bond acceptors (Lipinski definition) is 4. The van der Waals surface area contributed by atoms with Gasteiger partial charge in [0.05, 0.1) is 42.6 Å². The Kier molecular flexibility index (Phi) is 4.00. The van der Waals surface area contributed by atoms with Crippen LogP contribution in [0.1, 0.15) is 27.3 Å². The fraction of sp³-hybridized carbons (Fsp3) is 0.222. The van der Waals surface area contributed by atoms with Crippen molar-refractivity contribution in [3.63, 3.8) is 0 Å². The zero-order valence-corrected chi connectivity index (χ0v) is 13.9. The summed E-state index contributed by atoms with van der Waals surface area (Å²) >= 11 is 0. The second-order valence-electron chi connectivity index (χ2n) is 6.23. The van der Waals surface area contributed by atoms with Crippen molar-refractivity contribution in [2.45, 2.75) is 25.6 Å². The van der Waals surface area contributed by atoms with E-state index in [1.54, 1.807) is 10.9 Å². The van der Waals surface area contributed by atoms with Crippen molar-refractivity contribution in [3.05, 3.63) is 71.6 Å². The van der Waals surface area contributed by atoms with Crippen LogP contribution in [0, 0.1) is 0 Å². The molecule has 1 atom stereocenters. The Morgan fingerprint density at radius 1 is 1.27 bits per heavy atom. The van der Waals surface area contributed by atoms with Gasteiger partial charge in [0.1, 0.15) is 6.04 Å². The van der Waals surface area contributed by atoms with Crippen molar-refractivity contribution in [2.24, 2.45) is 0 Å². The van der Waals surface area contributed by atoms with Gasteiger partial charge in [0, 0.05) is 12.6 Å². The summed E-state index contributed by atoms with van der Waals surface area (Å²) in [5.74, 6) is -1.39. The molecular formula is C18H17N5O3. The predicted molar refractivity (Wildman–Crippen MR) is 91.4 cm³/mol. The van der Waals surface area contributed by atoms with Gasteiger partial charge in [-0.2, -0.15) is 5.10 Å². The topological polar surface area (TPSA) is 104 Å². The first-order valence-electron chi connectivity index (χ1n) is 8.23. The quantitative estimate of drug-likeness (QED) is 0.737. The zero-order valence-electron chi connectivity index (χ0n) is 13.9. The number of aromatic amines is 1. The third-order valence-electron chi connectivity index (χ3n) is 4.51. The van der Waals surface area contributed by atoms with E-state index in [1.165, 1.54) is 17.4 Å². The van der Waals surface area contributed by atoms with Gasteiger partial charge in [-0.15, -0.1) is 0 Å². The number of carboxylic acids is 1. The van der Waals surface area contributed by atoms with E-state index in [0.717, 1.165) is 11.3 Å². The third kappa shape index (κ3) is 2.97. The standard InChI is InChI=1S/C18H17N5O3/c24-17(13-7-21-22(9-13)8-12-4-2-1-3-5-12)23-10-15-14(19-11-20-15)6-16(23)18(25)26/h1-5,7,9,11,16H,6,8,10H2,(H,19,20)(H,25,26)/t16-/m1/s1. The van der Waals surface area contributed by atoms with E-state index in [0.29, 0.717) is 17.8 Å². The lowest BCUT2D eigenvalue weighted by Gasteiger charge is -2.32. The SMILES string of the molecule is O=C(O)[C@H]1Cc2nc[nH]c2CN1C(=O)c1cnn(Cc2ccccc2)c1. The van der Waals surface area contributed by atoms with E-state index in [2.05, 4.69) is 15.1 Å². The Morgan fingerprint density at radius 3 is 2.85 bits per heavy atom. The molecule has 1 aliphatic heterocycles. The molecule has 0 radical (unpaired) electrons. The van der Waals surface area contributed by atoms with E-state index < -0.39 is 12.0 Å². The minimum Gasteiger partial charge on any atom is -0.480 e. The molecule has 1 amide bonds. The highest BCUT2D eigenvalue weighted by atomic mass is 16.4. The average Bonchev–Trinajstić information content (AvgIpc) is 3.29. The number of aliphatic carboxylic acids is 1. The van der Waals surface area contributed by atoms with Gasteiger partial charge in [-0.1, -0.05) is 30.3 Å². The minimum atomic E-state index is -1.04. The predicted octanol–water partition coefficient (Wildman–Crippen LogP) is 1.31. The van der Waals surface area contributed by atoms with Gasteiger partial charge >= 0.3 is 5.97 Å². The van der Waals surface area contributed by atoms with Crippen molar-refractivity contribution in [1.29, 1.82) is 0 Å². The number of imidazole rings is 1. The summed E-state index contributed by atoms with van der Waals surface area (Å²) in [5, 5.41) is 13.7. The Balaban J connectivity index is 1.56. The lowest BCUT2D eigenvalue weighted by Crippen LogP contribution is -2.48. The number of benzene rings is 1. The minimum absolute atomic E-state index is 0.189. The van der Waals surface area contributed by atoms with Crippen LogP contribution in [0.15, 0.2) is 49.1 Å². The molecule has 3 heterocycles. The molecule has 0 unspecified atom stereocenters. The smallest absolute Gasteiger partial charge is 0.326 e. The van der Waals surface area contributed by atoms with Crippen LogP contribution in [0.4, 0.5) is 0 Å². The van der Waals surface area contributed by atoms with E-state index in [4.69, 9.17) is 0 Å². The maximum atomic E-state index is 12.9. The molecule has 8 heteroatoms. The summed E-state index contributed by atoms with van der Waals surface area (Å²) in [6, 6.07) is 8.85. The van der Waals surface area contributed by atoms with Crippen LogP contribution in [-0.4, -0.2) is 47.7 Å². The van der Waals surface area contributed by atoms with Crippen molar-refractivity contribution >= 4 is 11.9 Å². The molecule has 2 aromatic heterocycles. The van der Waals surface area contributed by atoms with E-state index in [-0.39, 0.29) is 18.9 Å². The number of nitrogens with one attached hydrogen (secondary N) is 1. The van der Waals surface area contributed by atoms with Gasteiger partial charge in [-0.3, -0.25) is 9.48 Å². The van der Waals surface area contributed by atoms with Crippen LogP contribution in [-0.2, 0) is 24.3 Å². The Labute approximate surface area is 149 Å². The first-order valence-corrected chi connectivity index (χ1v) is 8.23. The van der Waals surface area contributed by atoms with Gasteiger partial charge < -0.3 is 15.0 Å². The highest BCUT2D eigenvalue weighted by Crippen LogP contribution is 2.23. The van der Waals surface area contributed by atoms with E-state index in [1.807, 2.05) is 30.3 Å². The number of H-pyrrole nitrogens is 1. The summed E-state index contributed by atoms with van der Waals surface area (Å²) < 4.78 is 1.67. The molecule has 26 heavy (non-hydrogen) atoms. The van der Waals surface area contributed by atoms with Crippen molar-refractivity contribution in [3.8, 4) is 0 Å². The molecule has 1 aliphatic rings. The van der Waals surface area contributed by atoms with Crippen LogP contribution in [0.5, 0.6) is 0 Å². The molecule has 0 fully saturated rings. The number of fused-ring (bicyclic) bond motifs is 1. The number of carboxylic acid groups (broad SMARTS) is 1. The van der Waals surface area contributed by atoms with E-state index in [9.17, 15) is 14.7 Å². The zero-order chi connectivity index (χ0) is 18.1. The van der Waals surface area contributed by atoms with Gasteiger partial charge in [0.15, 0.2) is 0 Å². The first kappa shape index (κ1) is 16.1. The molecule has 2 N–H and O–H groups in total. The number of amides is 1. The maximum absolute atomic E-state index is 12.9. The molecular weight excluding hydrogens is 334 g/mol. The van der Waals surface area contributed by atoms with Crippen LogP contribution >= 0.6 is 0 Å². The number of rotatable bonds is 4. The number of aromatic nitrogens is 4. The Morgan fingerprint density at radius 2 is 2.08 bits per heavy atom. The molecule has 0 saturated heterocycles. The second kappa shape index (κ2) is 6.47. The van der Waals surface area contributed by atoms with Crippen molar-refractivity contribution < 1.29 is 14.7 Å². The van der Waals surface area contributed by atoms with Crippen molar-refractivity contribution in [1.82, 2.24) is 24.6 Å². The highest BCUT2D eigenvalue weighted by Gasteiger charge is 2.36. The number of carbonyl (C=O) groups is 2. The molecule has 0 spiro atoms. The van der Waals surface area contributed by atoms with Gasteiger partial charge in [0.2, 0.25) is 0 Å². The average molecular weight is 351 g/mol. The lowest BCUT2D eigenvalue weighted by atomic mass is 10.0. The largest absolute Gasteiger partial charge is 0.480 e. The number of hydrogen-bond donors (Lipinski definition) is 2. The fourth-order valence-electron chi connectivity index (χ4n) is 3.17. The molecule has 0 aliphatic carbocycles. The monoisotopic (exact) mass is 351 g/mol. The number of carbonyl (C=O) groups excluding carboxylic acids is 1. The fourth-order valence-corrected chi connectivity index (χ4v) is 3.17. The molecule has 3 aromatic rings. The Bertz CT molecular complexity index is 947. The van der Waals surface area contributed by atoms with Crippen LogP contribution in [0.25, 0.3) is 0 Å². The summed E-state index contributed by atoms with van der Waals surface area (Å²) in [7, 11) is 0. The summed E-state index contributed by atoms with van der Waals surface area (Å²) in [5.41, 5.74) is 2.90. The summed E-state index contributed by atoms with van der Waals surface area (Å²) in [6.07, 6.45) is 4.84. The van der Waals surface area contributed by atoms with Crippen LogP contribution in [0.3, 0.4) is 0 Å². The second-order valence-corrected chi connectivity index (χ2v) is 6.23.